The van der Waals surface area contributed by atoms with Crippen LogP contribution in [0.1, 0.15) is 12.0 Å². The van der Waals surface area contributed by atoms with Gasteiger partial charge in [-0.1, -0.05) is 11.8 Å². The lowest BCUT2D eigenvalue weighted by Gasteiger charge is -1.91. The maximum atomic E-state index is 8.56. The standard InChI is InChI=1S/C12H10O2/c13-6-2-1-4-10-8-11-5-3-7-14-12(11)9-10/h3,5,7-9,13H,2,6H2. The van der Waals surface area contributed by atoms with Gasteiger partial charge in [-0.25, -0.2) is 0 Å². The van der Waals surface area contributed by atoms with Gasteiger partial charge in [0, 0.05) is 17.5 Å². The third-order valence-electron chi connectivity index (χ3n) is 1.90. The molecule has 0 atom stereocenters. The third-order valence-corrected chi connectivity index (χ3v) is 1.90. The van der Waals surface area contributed by atoms with Crippen LogP contribution in [0.3, 0.4) is 0 Å². The largest absolute Gasteiger partial charge is 0.464 e. The van der Waals surface area contributed by atoms with Gasteiger partial charge in [0.1, 0.15) is 5.76 Å². The smallest absolute Gasteiger partial charge is 0.135 e. The highest BCUT2D eigenvalue weighted by molar-refractivity contribution is 5.65. The normalized spacial score (nSPS) is 9.79. The van der Waals surface area contributed by atoms with E-state index >= 15 is 0 Å². The molecule has 2 rings (SSSR count). The van der Waals surface area contributed by atoms with Crippen LogP contribution in [-0.2, 0) is 0 Å². The van der Waals surface area contributed by atoms with Gasteiger partial charge in [-0.3, -0.25) is 0 Å². The zero-order valence-corrected chi connectivity index (χ0v) is 7.66. The van der Waals surface area contributed by atoms with Crippen molar-refractivity contribution in [2.75, 3.05) is 6.61 Å². The quantitative estimate of drug-likeness (QED) is 0.692. The van der Waals surface area contributed by atoms with Gasteiger partial charge in [-0.2, -0.15) is 0 Å². The fourth-order valence-electron chi connectivity index (χ4n) is 1.29. The Kier molecular flexibility index (Phi) is 2.53. The Morgan fingerprint density at radius 2 is 2.29 bits per heavy atom. The summed E-state index contributed by atoms with van der Waals surface area (Å²) in [5.41, 5.74) is 1.99. The molecule has 0 unspecified atom stereocenters. The summed E-state index contributed by atoms with van der Waals surface area (Å²) in [6, 6.07) is 7.71. The first kappa shape index (κ1) is 8.86. The average Bonchev–Trinajstić information content (AvgIpc) is 2.60. The van der Waals surface area contributed by atoms with E-state index in [4.69, 9.17) is 9.52 Å². The van der Waals surface area contributed by atoms with Crippen molar-refractivity contribution in [2.45, 2.75) is 6.42 Å². The highest BCUT2D eigenvalue weighted by Crippen LogP contribution is 2.24. The summed E-state index contributed by atoms with van der Waals surface area (Å²) < 4.78 is 5.28. The lowest BCUT2D eigenvalue weighted by atomic mass is 10.2. The van der Waals surface area contributed by atoms with Gasteiger partial charge in [0.2, 0.25) is 0 Å². The van der Waals surface area contributed by atoms with E-state index < -0.39 is 0 Å². The molecule has 0 bridgehead atoms. The summed E-state index contributed by atoms with van der Waals surface area (Å²) in [6.45, 7) is 0.109. The molecule has 1 aliphatic heterocycles. The zero-order chi connectivity index (χ0) is 9.80. The van der Waals surface area contributed by atoms with Gasteiger partial charge in [0.25, 0.3) is 0 Å². The SMILES string of the molecule is OCCC#Cc1cc2cccoc-2c1. The maximum absolute atomic E-state index is 8.56. The molecule has 1 N–H and O–H groups in total. The second-order valence-electron chi connectivity index (χ2n) is 2.95. The van der Waals surface area contributed by atoms with E-state index in [1.165, 1.54) is 0 Å². The molecule has 0 saturated carbocycles. The predicted molar refractivity (Wildman–Crippen MR) is 53.9 cm³/mol. The second-order valence-corrected chi connectivity index (χ2v) is 2.95. The van der Waals surface area contributed by atoms with Crippen LogP contribution in [0.15, 0.2) is 34.9 Å². The number of fused-ring (bicyclic) bond motifs is 1. The van der Waals surface area contributed by atoms with Gasteiger partial charge >= 0.3 is 0 Å². The Morgan fingerprint density at radius 1 is 1.36 bits per heavy atom. The molecule has 2 aliphatic rings. The molecule has 0 aromatic heterocycles. The summed E-state index contributed by atoms with van der Waals surface area (Å²) in [4.78, 5) is 0. The number of aliphatic hydroxyl groups is 1. The molecule has 0 aromatic carbocycles. The lowest BCUT2D eigenvalue weighted by Crippen LogP contribution is -1.75. The minimum Gasteiger partial charge on any atom is -0.464 e. The fourth-order valence-corrected chi connectivity index (χ4v) is 1.29. The summed E-state index contributed by atoms with van der Waals surface area (Å²) in [6.07, 6.45) is 2.16. The van der Waals surface area contributed by atoms with Crippen LogP contribution in [0.5, 0.6) is 0 Å². The van der Waals surface area contributed by atoms with Crippen molar-refractivity contribution < 1.29 is 9.52 Å². The molecular weight excluding hydrogens is 176 g/mol. The van der Waals surface area contributed by atoms with Crippen LogP contribution in [0.2, 0.25) is 0 Å². The number of aliphatic hydroxyl groups excluding tert-OH is 1. The van der Waals surface area contributed by atoms with Gasteiger partial charge in [0.15, 0.2) is 0 Å². The van der Waals surface area contributed by atoms with Crippen LogP contribution >= 0.6 is 0 Å². The van der Waals surface area contributed by atoms with Gasteiger partial charge in [-0.15, -0.1) is 0 Å². The molecular formula is C12H10O2. The van der Waals surface area contributed by atoms with Crippen LogP contribution in [-0.4, -0.2) is 11.7 Å². The van der Waals surface area contributed by atoms with E-state index in [9.17, 15) is 0 Å². The highest BCUT2D eigenvalue weighted by Gasteiger charge is 2.05. The van der Waals surface area contributed by atoms with Crippen molar-refractivity contribution in [3.8, 4) is 23.2 Å². The van der Waals surface area contributed by atoms with Crippen LogP contribution in [0, 0.1) is 11.8 Å². The van der Waals surface area contributed by atoms with Crippen molar-refractivity contribution >= 4 is 0 Å². The summed E-state index contributed by atoms with van der Waals surface area (Å²) in [7, 11) is 0. The Bertz CT molecular complexity index is 415. The molecule has 1 aliphatic carbocycles. The first-order valence-corrected chi connectivity index (χ1v) is 4.47. The van der Waals surface area contributed by atoms with E-state index in [1.807, 2.05) is 24.3 Å². The summed E-state index contributed by atoms with van der Waals surface area (Å²) >= 11 is 0. The predicted octanol–water partition coefficient (Wildman–Crippen LogP) is 2.12. The molecule has 0 saturated heterocycles. The van der Waals surface area contributed by atoms with Crippen molar-refractivity contribution in [3.05, 3.63) is 36.1 Å². The van der Waals surface area contributed by atoms with Gasteiger partial charge in [-0.05, 0) is 24.3 Å². The van der Waals surface area contributed by atoms with Crippen molar-refractivity contribution in [1.29, 1.82) is 0 Å². The van der Waals surface area contributed by atoms with Crippen LogP contribution in [0.4, 0.5) is 0 Å². The van der Waals surface area contributed by atoms with Crippen molar-refractivity contribution in [1.82, 2.24) is 0 Å². The summed E-state index contributed by atoms with van der Waals surface area (Å²) in [5.74, 6) is 6.68. The second kappa shape index (κ2) is 3.99. The lowest BCUT2D eigenvalue weighted by molar-refractivity contribution is 0.305. The maximum Gasteiger partial charge on any atom is 0.135 e. The first-order chi connectivity index (χ1) is 6.90. The molecule has 14 heavy (non-hydrogen) atoms. The third kappa shape index (κ3) is 1.78. The average molecular weight is 186 g/mol. The van der Waals surface area contributed by atoms with Crippen molar-refractivity contribution in [2.24, 2.45) is 0 Å². The molecule has 0 amide bonds. The summed E-state index contributed by atoms with van der Waals surface area (Å²) in [5, 5.41) is 8.56. The zero-order valence-electron chi connectivity index (χ0n) is 7.66. The van der Waals surface area contributed by atoms with Crippen molar-refractivity contribution in [3.63, 3.8) is 0 Å². The molecule has 0 radical (unpaired) electrons. The molecule has 0 spiro atoms. The monoisotopic (exact) mass is 186 g/mol. The van der Waals surface area contributed by atoms with E-state index in [1.54, 1.807) is 6.26 Å². The Hall–Kier alpha value is -1.72. The Morgan fingerprint density at radius 3 is 3.07 bits per heavy atom. The Balaban J connectivity index is 2.29. The number of hydrogen-bond donors (Lipinski definition) is 1. The molecule has 1 heterocycles. The highest BCUT2D eigenvalue weighted by atomic mass is 16.3. The van der Waals surface area contributed by atoms with E-state index in [-0.39, 0.29) is 6.61 Å². The molecule has 0 aromatic rings. The van der Waals surface area contributed by atoms with Gasteiger partial charge < -0.3 is 9.52 Å². The van der Waals surface area contributed by atoms with Crippen LogP contribution in [0.25, 0.3) is 11.3 Å². The molecule has 2 heteroatoms. The Labute approximate surface area is 82.5 Å². The molecule has 2 nitrogen and oxygen atoms in total. The fraction of sp³-hybridized carbons (Fsp3) is 0.167. The number of hydrogen-bond acceptors (Lipinski definition) is 2. The van der Waals surface area contributed by atoms with Crippen LogP contribution < -0.4 is 0 Å². The topological polar surface area (TPSA) is 33.4 Å². The van der Waals surface area contributed by atoms with E-state index in [0.717, 1.165) is 16.9 Å². The minimum atomic E-state index is 0.109. The van der Waals surface area contributed by atoms with Gasteiger partial charge in [0.05, 0.1) is 12.9 Å². The first-order valence-electron chi connectivity index (χ1n) is 4.47. The van der Waals surface area contributed by atoms with E-state index in [2.05, 4.69) is 11.8 Å². The van der Waals surface area contributed by atoms with E-state index in [0.29, 0.717) is 6.42 Å². The molecule has 0 fully saturated rings. The minimum absolute atomic E-state index is 0.109. The number of rotatable bonds is 1. The molecule has 70 valence electrons.